The second-order valence-electron chi connectivity index (χ2n) is 1.79. The lowest BCUT2D eigenvalue weighted by molar-refractivity contribution is -0.141. The lowest BCUT2D eigenvalue weighted by Crippen LogP contribution is -2.30. The largest absolute Gasteiger partial charge is 0.480 e. The second kappa shape index (κ2) is 3.66. The number of rotatable bonds is 3. The van der Waals surface area contributed by atoms with Gasteiger partial charge >= 0.3 is 5.97 Å². The van der Waals surface area contributed by atoms with Gasteiger partial charge in [-0.05, 0) is 6.08 Å². The number of aliphatic carboxylic acids is 1. The van der Waals surface area contributed by atoms with Gasteiger partial charge in [0.2, 0.25) is 5.91 Å². The number of hydrogen-bond acceptors (Lipinski definition) is 2. The summed E-state index contributed by atoms with van der Waals surface area (Å²) < 4.78 is 0. The van der Waals surface area contributed by atoms with E-state index in [4.69, 9.17) is 5.11 Å². The molecule has 0 bridgehead atoms. The third-order valence-electron chi connectivity index (χ3n) is 0.923. The van der Waals surface area contributed by atoms with Crippen molar-refractivity contribution in [1.29, 1.82) is 0 Å². The van der Waals surface area contributed by atoms with Crippen LogP contribution in [0.3, 0.4) is 0 Å². The molecule has 4 heteroatoms. The number of carbonyl (C=O) groups is 2. The van der Waals surface area contributed by atoms with E-state index in [2.05, 4.69) is 6.58 Å². The molecule has 0 aromatic rings. The molecule has 4 nitrogen and oxygen atoms in total. The van der Waals surface area contributed by atoms with Crippen LogP contribution >= 0.6 is 0 Å². The highest BCUT2D eigenvalue weighted by Crippen LogP contribution is 1.83. The average molecular weight is 143 g/mol. The molecule has 0 atom stereocenters. The number of amides is 1. The summed E-state index contributed by atoms with van der Waals surface area (Å²) in [5, 5.41) is 8.20. The van der Waals surface area contributed by atoms with E-state index in [1.54, 1.807) is 0 Å². The van der Waals surface area contributed by atoms with E-state index in [1.807, 2.05) is 0 Å². The van der Waals surface area contributed by atoms with Crippen LogP contribution in [0.1, 0.15) is 0 Å². The Labute approximate surface area is 58.8 Å². The third-order valence-corrected chi connectivity index (χ3v) is 0.923. The topological polar surface area (TPSA) is 57.6 Å². The summed E-state index contributed by atoms with van der Waals surface area (Å²) in [7, 11) is 1.40. The molecule has 56 valence electrons. The van der Waals surface area contributed by atoms with Crippen molar-refractivity contribution in [3.05, 3.63) is 12.7 Å². The van der Waals surface area contributed by atoms with Gasteiger partial charge in [-0.25, -0.2) is 0 Å². The molecule has 0 fully saturated rings. The molecule has 0 aliphatic rings. The van der Waals surface area contributed by atoms with Crippen molar-refractivity contribution < 1.29 is 14.7 Å². The fraction of sp³-hybridized carbons (Fsp3) is 0.333. The van der Waals surface area contributed by atoms with Gasteiger partial charge in [-0.3, -0.25) is 9.59 Å². The molecule has 0 spiro atoms. The van der Waals surface area contributed by atoms with E-state index >= 15 is 0 Å². The van der Waals surface area contributed by atoms with Crippen LogP contribution in [-0.4, -0.2) is 35.5 Å². The van der Waals surface area contributed by atoms with E-state index in [1.165, 1.54) is 7.05 Å². The van der Waals surface area contributed by atoms with Crippen LogP contribution in [0.5, 0.6) is 0 Å². The summed E-state index contributed by atoms with van der Waals surface area (Å²) in [5.74, 6) is -1.42. The first kappa shape index (κ1) is 8.68. The quantitative estimate of drug-likeness (QED) is 0.552. The van der Waals surface area contributed by atoms with Crippen LogP contribution in [0.2, 0.25) is 0 Å². The molecule has 0 heterocycles. The molecule has 0 saturated carbocycles. The fourth-order valence-electron chi connectivity index (χ4n) is 0.437. The Hall–Kier alpha value is -1.32. The Morgan fingerprint density at radius 1 is 1.70 bits per heavy atom. The van der Waals surface area contributed by atoms with Crippen LogP contribution in [0.4, 0.5) is 0 Å². The SMILES string of the molecule is C=CC(=O)N(C)CC(=O)O. The van der Waals surface area contributed by atoms with E-state index in [9.17, 15) is 9.59 Å². The van der Waals surface area contributed by atoms with Gasteiger partial charge in [-0.2, -0.15) is 0 Å². The molecule has 1 amide bonds. The molecular formula is C6H9NO3. The van der Waals surface area contributed by atoms with Crippen LogP contribution in [0, 0.1) is 0 Å². The number of hydrogen-bond donors (Lipinski definition) is 1. The minimum absolute atomic E-state index is 0.287. The zero-order chi connectivity index (χ0) is 8.15. The monoisotopic (exact) mass is 143 g/mol. The summed E-state index contributed by atoms with van der Waals surface area (Å²) in [6.45, 7) is 2.92. The van der Waals surface area contributed by atoms with Crippen LogP contribution in [0.25, 0.3) is 0 Å². The molecule has 1 N–H and O–H groups in total. The van der Waals surface area contributed by atoms with Crippen LogP contribution in [-0.2, 0) is 9.59 Å². The third kappa shape index (κ3) is 2.86. The van der Waals surface area contributed by atoms with Gasteiger partial charge in [0.1, 0.15) is 6.54 Å². The lowest BCUT2D eigenvalue weighted by atomic mass is 10.5. The van der Waals surface area contributed by atoms with Gasteiger partial charge in [0.25, 0.3) is 0 Å². The van der Waals surface area contributed by atoms with E-state index in [0.717, 1.165) is 11.0 Å². The van der Waals surface area contributed by atoms with Crippen molar-refractivity contribution in [3.8, 4) is 0 Å². The number of carboxylic acid groups (broad SMARTS) is 1. The van der Waals surface area contributed by atoms with Gasteiger partial charge in [0, 0.05) is 7.05 Å². The van der Waals surface area contributed by atoms with Crippen LogP contribution < -0.4 is 0 Å². The van der Waals surface area contributed by atoms with Crippen molar-refractivity contribution in [3.63, 3.8) is 0 Å². The van der Waals surface area contributed by atoms with Crippen molar-refractivity contribution in [2.75, 3.05) is 13.6 Å². The summed E-state index contributed by atoms with van der Waals surface area (Å²) in [4.78, 5) is 21.7. The number of nitrogens with zero attached hydrogens (tertiary/aromatic N) is 1. The van der Waals surface area contributed by atoms with E-state index in [-0.39, 0.29) is 12.5 Å². The fourth-order valence-corrected chi connectivity index (χ4v) is 0.437. The minimum Gasteiger partial charge on any atom is -0.480 e. The second-order valence-corrected chi connectivity index (χ2v) is 1.79. The Morgan fingerprint density at radius 3 is 2.50 bits per heavy atom. The molecule has 0 unspecified atom stereocenters. The predicted molar refractivity (Wildman–Crippen MR) is 35.5 cm³/mol. The Kier molecular flexibility index (Phi) is 3.17. The summed E-state index contributed by atoms with van der Waals surface area (Å²) in [5.41, 5.74) is 0. The van der Waals surface area contributed by atoms with E-state index in [0.29, 0.717) is 0 Å². The minimum atomic E-state index is -1.03. The highest BCUT2D eigenvalue weighted by atomic mass is 16.4. The first-order valence-corrected chi connectivity index (χ1v) is 2.67. The summed E-state index contributed by atoms with van der Waals surface area (Å²) in [6, 6.07) is 0. The van der Waals surface area contributed by atoms with Crippen molar-refractivity contribution in [2.24, 2.45) is 0 Å². The highest BCUT2D eigenvalue weighted by molar-refractivity contribution is 5.89. The number of carbonyl (C=O) groups excluding carboxylic acids is 1. The van der Waals surface area contributed by atoms with Crippen molar-refractivity contribution in [1.82, 2.24) is 4.90 Å². The molecule has 0 rings (SSSR count). The zero-order valence-corrected chi connectivity index (χ0v) is 5.70. The first-order chi connectivity index (χ1) is 4.57. The number of likely N-dealkylation sites (N-methyl/N-ethyl adjacent to an activating group) is 1. The van der Waals surface area contributed by atoms with Crippen molar-refractivity contribution >= 4 is 11.9 Å². The molecule has 0 aliphatic carbocycles. The van der Waals surface area contributed by atoms with Gasteiger partial charge in [0.05, 0.1) is 0 Å². The lowest BCUT2D eigenvalue weighted by Gasteiger charge is -2.10. The molecule has 10 heavy (non-hydrogen) atoms. The number of carboxylic acids is 1. The molecule has 0 saturated heterocycles. The maximum Gasteiger partial charge on any atom is 0.323 e. The maximum atomic E-state index is 10.6. The average Bonchev–Trinajstić information content (AvgIpc) is 1.85. The standard InChI is InChI=1S/C6H9NO3/c1-3-5(8)7(2)4-6(9)10/h3H,1,4H2,2H3,(H,9,10). The van der Waals surface area contributed by atoms with Gasteiger partial charge < -0.3 is 10.0 Å². The van der Waals surface area contributed by atoms with Crippen LogP contribution in [0.15, 0.2) is 12.7 Å². The van der Waals surface area contributed by atoms with E-state index < -0.39 is 5.97 Å². The maximum absolute atomic E-state index is 10.6. The Bertz CT molecular complexity index is 164. The summed E-state index contributed by atoms with van der Waals surface area (Å²) >= 11 is 0. The molecule has 0 aromatic carbocycles. The zero-order valence-electron chi connectivity index (χ0n) is 5.70. The van der Waals surface area contributed by atoms with Gasteiger partial charge in [0.15, 0.2) is 0 Å². The Morgan fingerprint density at radius 2 is 2.20 bits per heavy atom. The van der Waals surface area contributed by atoms with Crippen molar-refractivity contribution in [2.45, 2.75) is 0 Å². The predicted octanol–water partition coefficient (Wildman–Crippen LogP) is -0.285. The molecular weight excluding hydrogens is 134 g/mol. The molecule has 0 aromatic heterocycles. The smallest absolute Gasteiger partial charge is 0.323 e. The molecule has 0 radical (unpaired) electrons. The first-order valence-electron chi connectivity index (χ1n) is 2.67. The Balaban J connectivity index is 3.84. The normalized spacial score (nSPS) is 8.50. The van der Waals surface area contributed by atoms with Gasteiger partial charge in [-0.1, -0.05) is 6.58 Å². The highest BCUT2D eigenvalue weighted by Gasteiger charge is 2.06. The summed E-state index contributed by atoms with van der Waals surface area (Å²) in [6.07, 6.45) is 1.07. The van der Waals surface area contributed by atoms with Gasteiger partial charge in [-0.15, -0.1) is 0 Å². The molecule has 0 aliphatic heterocycles.